The summed E-state index contributed by atoms with van der Waals surface area (Å²) in [5.74, 6) is 0. The van der Waals surface area contributed by atoms with Gasteiger partial charge in [-0.1, -0.05) is 66.7 Å². The molecule has 2 aliphatic rings. The van der Waals surface area contributed by atoms with Crippen LogP contribution in [-0.2, 0) is 4.74 Å². The van der Waals surface area contributed by atoms with Gasteiger partial charge in [0.05, 0.1) is 12.1 Å². The smallest absolute Gasteiger partial charge is 0.0829 e. The third-order valence-electron chi connectivity index (χ3n) is 5.26. The number of rotatable bonds is 8. The molecule has 3 heteroatoms. The molecule has 0 radical (unpaired) electrons. The molecule has 2 aliphatic heterocycles. The highest BCUT2D eigenvalue weighted by Gasteiger charge is 2.34. The minimum absolute atomic E-state index is 0.332. The molecule has 0 aliphatic carbocycles. The molecule has 0 spiro atoms. The van der Waals surface area contributed by atoms with Gasteiger partial charge in [-0.3, -0.25) is 4.90 Å². The second kappa shape index (κ2) is 8.90. The Morgan fingerprint density at radius 3 is 2.19 bits per heavy atom. The van der Waals surface area contributed by atoms with Gasteiger partial charge in [-0.2, -0.15) is 0 Å². The molecule has 1 saturated heterocycles. The Labute approximate surface area is 161 Å². The molecule has 0 aromatic heterocycles. The summed E-state index contributed by atoms with van der Waals surface area (Å²) in [6.07, 6.45) is 6.35. The van der Waals surface area contributed by atoms with Gasteiger partial charge in [0, 0.05) is 24.9 Å². The molecular formula is C23H27NOS. The van der Waals surface area contributed by atoms with Crippen LogP contribution in [0.25, 0.3) is 0 Å². The van der Waals surface area contributed by atoms with Gasteiger partial charge in [0.2, 0.25) is 0 Å². The summed E-state index contributed by atoms with van der Waals surface area (Å²) in [5.41, 5.74) is 2.73. The Hall–Kier alpha value is -1.55. The zero-order valence-corrected chi connectivity index (χ0v) is 16.0. The van der Waals surface area contributed by atoms with E-state index in [-0.39, 0.29) is 0 Å². The Balaban J connectivity index is 1.28. The van der Waals surface area contributed by atoms with Crippen molar-refractivity contribution in [1.82, 2.24) is 4.90 Å². The minimum atomic E-state index is 0.332. The lowest BCUT2D eigenvalue weighted by Gasteiger charge is -2.44. The normalized spacial score (nSPS) is 20.6. The van der Waals surface area contributed by atoms with Gasteiger partial charge in [-0.15, -0.1) is 11.8 Å². The fourth-order valence-corrected chi connectivity index (χ4v) is 4.82. The molecule has 0 saturated carbocycles. The Bertz CT molecular complexity index is 649. The van der Waals surface area contributed by atoms with Crippen molar-refractivity contribution in [2.24, 2.45) is 0 Å². The van der Waals surface area contributed by atoms with E-state index >= 15 is 0 Å². The monoisotopic (exact) mass is 365 g/mol. The molecule has 0 N–H and O–H groups in total. The van der Waals surface area contributed by atoms with E-state index in [0.29, 0.717) is 12.1 Å². The molecular weight excluding hydrogens is 338 g/mol. The zero-order valence-electron chi connectivity index (χ0n) is 15.2. The Morgan fingerprint density at radius 1 is 0.962 bits per heavy atom. The first-order valence-corrected chi connectivity index (χ1v) is 10.6. The predicted octanol–water partition coefficient (Wildman–Crippen LogP) is 5.28. The van der Waals surface area contributed by atoms with Crippen molar-refractivity contribution in [2.45, 2.75) is 36.7 Å². The summed E-state index contributed by atoms with van der Waals surface area (Å²) < 4.78 is 6.12. The first-order valence-electron chi connectivity index (χ1n) is 9.66. The van der Waals surface area contributed by atoms with Crippen LogP contribution in [0.15, 0.2) is 72.1 Å². The highest BCUT2D eigenvalue weighted by Crippen LogP contribution is 2.33. The minimum Gasteiger partial charge on any atom is -0.376 e. The third-order valence-corrected chi connectivity index (χ3v) is 6.42. The molecule has 1 fully saturated rings. The molecule has 2 nitrogen and oxygen atoms in total. The third kappa shape index (κ3) is 4.40. The van der Waals surface area contributed by atoms with Crippen LogP contribution >= 0.6 is 11.8 Å². The van der Waals surface area contributed by atoms with Crippen LogP contribution in [0.5, 0.6) is 0 Å². The molecule has 4 rings (SSSR count). The summed E-state index contributed by atoms with van der Waals surface area (Å²) in [6, 6.07) is 22.0. The number of benzene rings is 2. The van der Waals surface area contributed by atoms with Gasteiger partial charge in [-0.25, -0.2) is 0 Å². The summed E-state index contributed by atoms with van der Waals surface area (Å²) >= 11 is 1.98. The largest absolute Gasteiger partial charge is 0.376 e. The van der Waals surface area contributed by atoms with Crippen LogP contribution in [0, 0.1) is 0 Å². The fourth-order valence-electron chi connectivity index (χ4n) is 3.85. The summed E-state index contributed by atoms with van der Waals surface area (Å²) in [4.78, 5) is 2.53. The van der Waals surface area contributed by atoms with Crippen molar-refractivity contribution in [2.75, 3.05) is 19.7 Å². The SMILES string of the molecule is C1=CSC(CCCOC2CN(C(c3ccccc3)c3ccccc3)C2)C1. The van der Waals surface area contributed by atoms with E-state index in [4.69, 9.17) is 4.74 Å². The highest BCUT2D eigenvalue weighted by molar-refractivity contribution is 8.03. The summed E-state index contributed by atoms with van der Waals surface area (Å²) in [6.45, 7) is 2.94. The fraction of sp³-hybridized carbons (Fsp3) is 0.391. The lowest BCUT2D eigenvalue weighted by molar-refractivity contribution is -0.0672. The quantitative estimate of drug-likeness (QED) is 0.591. The second-order valence-corrected chi connectivity index (χ2v) is 8.39. The van der Waals surface area contributed by atoms with Crippen molar-refractivity contribution in [3.8, 4) is 0 Å². The van der Waals surface area contributed by atoms with Gasteiger partial charge < -0.3 is 4.74 Å². The molecule has 26 heavy (non-hydrogen) atoms. The molecule has 1 unspecified atom stereocenters. The van der Waals surface area contributed by atoms with Crippen molar-refractivity contribution in [3.05, 3.63) is 83.3 Å². The zero-order chi connectivity index (χ0) is 17.6. The van der Waals surface area contributed by atoms with Gasteiger partial charge in [-0.05, 0) is 35.8 Å². The maximum atomic E-state index is 6.12. The molecule has 2 aromatic carbocycles. The van der Waals surface area contributed by atoms with Crippen molar-refractivity contribution < 1.29 is 4.74 Å². The van der Waals surface area contributed by atoms with Crippen molar-refractivity contribution >= 4 is 11.8 Å². The Morgan fingerprint density at radius 2 is 1.62 bits per heavy atom. The first kappa shape index (κ1) is 17.8. The van der Waals surface area contributed by atoms with Crippen LogP contribution in [0.2, 0.25) is 0 Å². The number of hydrogen-bond donors (Lipinski definition) is 0. The van der Waals surface area contributed by atoms with E-state index in [1.807, 2.05) is 11.8 Å². The van der Waals surface area contributed by atoms with Crippen LogP contribution in [0.3, 0.4) is 0 Å². The molecule has 1 atom stereocenters. The van der Waals surface area contributed by atoms with Crippen LogP contribution in [-0.4, -0.2) is 36.0 Å². The van der Waals surface area contributed by atoms with Crippen LogP contribution < -0.4 is 0 Å². The Kier molecular flexibility index (Phi) is 6.11. The van der Waals surface area contributed by atoms with Gasteiger partial charge in [0.25, 0.3) is 0 Å². The highest BCUT2D eigenvalue weighted by atomic mass is 32.2. The predicted molar refractivity (Wildman–Crippen MR) is 110 cm³/mol. The maximum absolute atomic E-state index is 6.12. The first-order chi connectivity index (χ1) is 12.9. The lowest BCUT2D eigenvalue weighted by atomic mass is 9.94. The van der Waals surface area contributed by atoms with E-state index < -0.39 is 0 Å². The van der Waals surface area contributed by atoms with Crippen molar-refractivity contribution in [1.29, 1.82) is 0 Å². The number of hydrogen-bond acceptors (Lipinski definition) is 3. The van der Waals surface area contributed by atoms with Gasteiger partial charge >= 0.3 is 0 Å². The van der Waals surface area contributed by atoms with Gasteiger partial charge in [0.15, 0.2) is 0 Å². The van der Waals surface area contributed by atoms with E-state index in [9.17, 15) is 0 Å². The van der Waals surface area contributed by atoms with E-state index in [2.05, 4.69) is 77.0 Å². The number of ether oxygens (including phenoxy) is 1. The number of allylic oxidation sites excluding steroid dienone is 1. The molecule has 0 amide bonds. The summed E-state index contributed by atoms with van der Waals surface area (Å²) in [5, 5.41) is 3.03. The maximum Gasteiger partial charge on any atom is 0.0829 e. The van der Waals surface area contributed by atoms with Crippen LogP contribution in [0.4, 0.5) is 0 Å². The van der Waals surface area contributed by atoms with Gasteiger partial charge in [0.1, 0.15) is 0 Å². The number of thioether (sulfide) groups is 1. The second-order valence-electron chi connectivity index (χ2n) is 7.18. The molecule has 0 bridgehead atoms. The average molecular weight is 366 g/mol. The lowest BCUT2D eigenvalue weighted by Crippen LogP contribution is -2.53. The topological polar surface area (TPSA) is 12.5 Å². The van der Waals surface area contributed by atoms with E-state index in [1.165, 1.54) is 30.4 Å². The van der Waals surface area contributed by atoms with E-state index in [1.54, 1.807) is 0 Å². The number of nitrogens with zero attached hydrogens (tertiary/aromatic N) is 1. The molecule has 2 aromatic rings. The van der Waals surface area contributed by atoms with E-state index in [0.717, 1.165) is 24.9 Å². The number of likely N-dealkylation sites (tertiary alicyclic amines) is 1. The summed E-state index contributed by atoms with van der Waals surface area (Å²) in [7, 11) is 0. The van der Waals surface area contributed by atoms with Crippen LogP contribution in [0.1, 0.15) is 36.4 Å². The molecule has 136 valence electrons. The average Bonchev–Trinajstić information content (AvgIpc) is 3.18. The molecule has 2 heterocycles. The standard InChI is InChI=1S/C23H27NOS/c1-3-9-19(10-4-1)23(20-11-5-2-6-12-20)24-17-21(18-24)25-15-7-13-22-14-8-16-26-22/h1-6,8-12,16,21-23H,7,13-15,17-18H2. The van der Waals surface area contributed by atoms with Crippen molar-refractivity contribution in [3.63, 3.8) is 0 Å².